The molecule has 0 amide bonds. The van der Waals surface area contributed by atoms with Crippen molar-refractivity contribution in [2.45, 2.75) is 57.5 Å². The smallest absolute Gasteiger partial charge is 0.324 e. The Balaban J connectivity index is 2.90. The van der Waals surface area contributed by atoms with E-state index >= 15 is 0 Å². The Labute approximate surface area is 104 Å². The maximum atomic E-state index is 11.7. The van der Waals surface area contributed by atoms with Gasteiger partial charge in [0.25, 0.3) is 0 Å². The molecular weight excluding hydrogens is 218 g/mol. The summed E-state index contributed by atoms with van der Waals surface area (Å²) in [6.07, 6.45) is 4.34. The summed E-state index contributed by atoms with van der Waals surface area (Å²) >= 11 is 0. The molecule has 2 atom stereocenters. The maximum Gasteiger partial charge on any atom is 0.324 e. The molecule has 1 N–H and O–H groups in total. The van der Waals surface area contributed by atoms with Crippen molar-refractivity contribution in [1.29, 1.82) is 0 Å². The molecule has 0 spiro atoms. The number of carbonyl (C=O) groups is 1. The van der Waals surface area contributed by atoms with Crippen LogP contribution < -0.4 is 0 Å². The lowest BCUT2D eigenvalue weighted by Gasteiger charge is -2.39. The second kappa shape index (κ2) is 6.36. The van der Waals surface area contributed by atoms with Crippen molar-refractivity contribution in [2.75, 3.05) is 20.3 Å². The Hall–Kier alpha value is -0.610. The Bertz CT molecular complexity index is 257. The van der Waals surface area contributed by atoms with E-state index in [-0.39, 0.29) is 6.04 Å². The molecule has 4 nitrogen and oxygen atoms in total. The highest BCUT2D eigenvalue weighted by Gasteiger charge is 2.48. The molecule has 1 saturated heterocycles. The van der Waals surface area contributed by atoms with Crippen LogP contribution >= 0.6 is 0 Å². The van der Waals surface area contributed by atoms with E-state index in [9.17, 15) is 9.90 Å². The lowest BCUT2D eigenvalue weighted by molar-refractivity contribution is -0.152. The molecule has 1 rings (SSSR count). The van der Waals surface area contributed by atoms with Gasteiger partial charge < -0.3 is 9.84 Å². The normalized spacial score (nSPS) is 27.2. The van der Waals surface area contributed by atoms with Crippen LogP contribution in [0.3, 0.4) is 0 Å². The van der Waals surface area contributed by atoms with Gasteiger partial charge in [-0.15, -0.1) is 0 Å². The van der Waals surface area contributed by atoms with Gasteiger partial charge in [-0.1, -0.05) is 20.3 Å². The predicted octanol–water partition coefficient (Wildman–Crippen LogP) is 2.13. The van der Waals surface area contributed by atoms with E-state index in [0.717, 1.165) is 38.6 Å². The minimum Gasteiger partial charge on any atom is -0.480 e. The van der Waals surface area contributed by atoms with E-state index in [1.165, 1.54) is 0 Å². The van der Waals surface area contributed by atoms with E-state index < -0.39 is 11.5 Å². The minimum absolute atomic E-state index is 0.227. The van der Waals surface area contributed by atoms with Crippen LogP contribution in [0.25, 0.3) is 0 Å². The molecule has 1 fully saturated rings. The first-order valence-corrected chi connectivity index (χ1v) is 6.61. The molecule has 0 aromatic rings. The lowest BCUT2D eigenvalue weighted by atomic mass is 9.89. The molecule has 4 heteroatoms. The van der Waals surface area contributed by atoms with E-state index in [0.29, 0.717) is 6.61 Å². The Morgan fingerprint density at radius 1 is 1.53 bits per heavy atom. The quantitative estimate of drug-likeness (QED) is 0.744. The average molecular weight is 243 g/mol. The molecular formula is C13H25NO3. The molecule has 1 aliphatic heterocycles. The van der Waals surface area contributed by atoms with Crippen molar-refractivity contribution >= 4 is 5.97 Å². The van der Waals surface area contributed by atoms with Crippen molar-refractivity contribution in [3.63, 3.8) is 0 Å². The molecule has 0 aromatic carbocycles. The van der Waals surface area contributed by atoms with Crippen molar-refractivity contribution in [1.82, 2.24) is 4.90 Å². The fraction of sp³-hybridized carbons (Fsp3) is 0.923. The number of ether oxygens (including phenoxy) is 1. The number of nitrogens with zero attached hydrogens (tertiary/aromatic N) is 1. The van der Waals surface area contributed by atoms with Gasteiger partial charge in [0.2, 0.25) is 0 Å². The van der Waals surface area contributed by atoms with Gasteiger partial charge in [-0.2, -0.15) is 0 Å². The topological polar surface area (TPSA) is 49.8 Å². The summed E-state index contributed by atoms with van der Waals surface area (Å²) in [6, 6.07) is 0.227. The third-order valence-electron chi connectivity index (χ3n) is 3.87. The molecule has 1 aliphatic rings. The van der Waals surface area contributed by atoms with Gasteiger partial charge in [-0.3, -0.25) is 9.69 Å². The van der Waals surface area contributed by atoms with Crippen LogP contribution in [0.1, 0.15) is 46.0 Å². The Kier molecular flexibility index (Phi) is 5.40. The first-order valence-electron chi connectivity index (χ1n) is 6.61. The molecule has 0 aromatic heterocycles. The van der Waals surface area contributed by atoms with Crippen LogP contribution in [0, 0.1) is 0 Å². The van der Waals surface area contributed by atoms with Gasteiger partial charge in [-0.05, 0) is 32.2 Å². The second-order valence-corrected chi connectivity index (χ2v) is 4.90. The Morgan fingerprint density at radius 3 is 2.71 bits per heavy atom. The van der Waals surface area contributed by atoms with Crippen LogP contribution in [0.4, 0.5) is 0 Å². The molecule has 2 unspecified atom stereocenters. The van der Waals surface area contributed by atoms with Gasteiger partial charge in [0.15, 0.2) is 0 Å². The zero-order chi connectivity index (χ0) is 12.9. The van der Waals surface area contributed by atoms with Crippen molar-refractivity contribution in [3.8, 4) is 0 Å². The molecule has 0 radical (unpaired) electrons. The number of aliphatic carboxylic acids is 1. The summed E-state index contributed by atoms with van der Waals surface area (Å²) in [4.78, 5) is 13.8. The van der Waals surface area contributed by atoms with Crippen molar-refractivity contribution < 1.29 is 14.6 Å². The van der Waals surface area contributed by atoms with E-state index in [1.807, 2.05) is 0 Å². The zero-order valence-corrected chi connectivity index (χ0v) is 11.2. The van der Waals surface area contributed by atoms with Crippen LogP contribution in [-0.2, 0) is 9.53 Å². The summed E-state index contributed by atoms with van der Waals surface area (Å²) in [5, 5.41) is 9.60. The van der Waals surface area contributed by atoms with Gasteiger partial charge in [0, 0.05) is 13.2 Å². The summed E-state index contributed by atoms with van der Waals surface area (Å²) < 4.78 is 5.22. The summed E-state index contributed by atoms with van der Waals surface area (Å²) in [5.74, 6) is -0.661. The first-order chi connectivity index (χ1) is 8.12. The molecule has 1 heterocycles. The van der Waals surface area contributed by atoms with Crippen LogP contribution in [0.15, 0.2) is 0 Å². The minimum atomic E-state index is -0.661. The van der Waals surface area contributed by atoms with Crippen molar-refractivity contribution in [3.05, 3.63) is 0 Å². The summed E-state index contributed by atoms with van der Waals surface area (Å²) in [7, 11) is 1.68. The monoisotopic (exact) mass is 243 g/mol. The Morgan fingerprint density at radius 2 is 2.24 bits per heavy atom. The summed E-state index contributed by atoms with van der Waals surface area (Å²) in [6.45, 7) is 5.66. The van der Waals surface area contributed by atoms with Gasteiger partial charge in [0.05, 0.1) is 6.61 Å². The fourth-order valence-corrected chi connectivity index (χ4v) is 3.07. The maximum absolute atomic E-state index is 11.7. The molecule has 0 bridgehead atoms. The highest BCUT2D eigenvalue weighted by molar-refractivity contribution is 5.79. The van der Waals surface area contributed by atoms with Gasteiger partial charge >= 0.3 is 5.97 Å². The highest BCUT2D eigenvalue weighted by atomic mass is 16.5. The van der Waals surface area contributed by atoms with Crippen LogP contribution in [0.5, 0.6) is 0 Å². The first kappa shape index (κ1) is 14.5. The fourth-order valence-electron chi connectivity index (χ4n) is 3.07. The average Bonchev–Trinajstić information content (AvgIpc) is 2.71. The van der Waals surface area contributed by atoms with Crippen LogP contribution in [0.2, 0.25) is 0 Å². The zero-order valence-electron chi connectivity index (χ0n) is 11.2. The third-order valence-corrected chi connectivity index (χ3v) is 3.87. The number of hydrogen-bond donors (Lipinski definition) is 1. The molecule has 17 heavy (non-hydrogen) atoms. The summed E-state index contributed by atoms with van der Waals surface area (Å²) in [5.41, 5.74) is -0.645. The van der Waals surface area contributed by atoms with Crippen LogP contribution in [-0.4, -0.2) is 47.8 Å². The molecule has 100 valence electrons. The molecule has 0 saturated carbocycles. The SMILES string of the molecule is CCCC1(C(=O)O)CCCN1C(CC)COC. The molecule has 0 aliphatic carbocycles. The lowest BCUT2D eigenvalue weighted by Crippen LogP contribution is -2.55. The highest BCUT2D eigenvalue weighted by Crippen LogP contribution is 2.36. The predicted molar refractivity (Wildman–Crippen MR) is 67.2 cm³/mol. The van der Waals surface area contributed by atoms with E-state index in [2.05, 4.69) is 18.7 Å². The van der Waals surface area contributed by atoms with Gasteiger partial charge in [-0.25, -0.2) is 0 Å². The standard InChI is InChI=1S/C13H25NO3/c1-4-7-13(12(15)16)8-6-9-14(13)11(5-2)10-17-3/h11H,4-10H2,1-3H3,(H,15,16). The number of carboxylic acids is 1. The number of methoxy groups -OCH3 is 1. The number of carboxylic acid groups (broad SMARTS) is 1. The number of likely N-dealkylation sites (tertiary alicyclic amines) is 1. The second-order valence-electron chi connectivity index (χ2n) is 4.90. The largest absolute Gasteiger partial charge is 0.480 e. The number of hydrogen-bond acceptors (Lipinski definition) is 3. The third kappa shape index (κ3) is 2.80. The van der Waals surface area contributed by atoms with Gasteiger partial charge in [0.1, 0.15) is 5.54 Å². The van der Waals surface area contributed by atoms with Crippen molar-refractivity contribution in [2.24, 2.45) is 0 Å². The van der Waals surface area contributed by atoms with E-state index in [1.54, 1.807) is 7.11 Å². The number of rotatable bonds is 7. The van der Waals surface area contributed by atoms with E-state index in [4.69, 9.17) is 4.74 Å².